The van der Waals surface area contributed by atoms with Crippen LogP contribution in [0.2, 0.25) is 0 Å². The summed E-state index contributed by atoms with van der Waals surface area (Å²) in [5.74, 6) is 4.43. The summed E-state index contributed by atoms with van der Waals surface area (Å²) < 4.78 is 16.2. The van der Waals surface area contributed by atoms with Gasteiger partial charge in [-0.3, -0.25) is 4.79 Å². The van der Waals surface area contributed by atoms with Gasteiger partial charge in [0.15, 0.2) is 6.79 Å². The number of rotatable bonds is 14. The Kier molecular flexibility index (Phi) is 10.7. The van der Waals surface area contributed by atoms with Crippen molar-refractivity contribution in [1.29, 1.82) is 0 Å². The minimum atomic E-state index is 0.211. The zero-order valence-electron chi connectivity index (χ0n) is 23.2. The summed E-state index contributed by atoms with van der Waals surface area (Å²) in [6.45, 7) is 13.1. The molecule has 0 amide bonds. The molecule has 0 heterocycles. The van der Waals surface area contributed by atoms with Gasteiger partial charge < -0.3 is 14.2 Å². The van der Waals surface area contributed by atoms with Crippen LogP contribution in [0.1, 0.15) is 90.2 Å². The molecule has 5 atom stereocenters. The van der Waals surface area contributed by atoms with Crippen LogP contribution in [-0.4, -0.2) is 32.9 Å². The Bertz CT molecular complexity index is 803. The third-order valence-electron chi connectivity index (χ3n) is 9.21. The highest BCUT2D eigenvalue weighted by atomic mass is 16.7. The van der Waals surface area contributed by atoms with E-state index in [1.807, 2.05) is 6.07 Å². The first-order valence-corrected chi connectivity index (χ1v) is 14.1. The summed E-state index contributed by atoms with van der Waals surface area (Å²) >= 11 is 0. The van der Waals surface area contributed by atoms with Gasteiger partial charge in [0, 0.05) is 19.4 Å². The number of fused-ring (bicyclic) bond motifs is 1. The molecule has 3 rings (SSSR count). The molecule has 2 aliphatic carbocycles. The van der Waals surface area contributed by atoms with Gasteiger partial charge in [-0.15, -0.1) is 0 Å². The van der Waals surface area contributed by atoms with Gasteiger partial charge in [-0.1, -0.05) is 53.0 Å². The molecule has 0 N–H and O–H groups in total. The van der Waals surface area contributed by atoms with Gasteiger partial charge in [0.2, 0.25) is 0 Å². The van der Waals surface area contributed by atoms with E-state index >= 15 is 0 Å². The molecule has 198 valence electrons. The number of carbonyl (C=O) groups excluding carboxylic acids is 1. The standard InChI is InChI=1S/C31H50O4/c1-22(2)8-7-9-24(4)28-14-15-29-27(30(32)16-17-31(28,29)5)13-11-25-20-26(12-10-23(25)3)35-21-34-19-18-33-6/h10,12,20,22,24,27-29H,7-9,11,13-19,21H2,1-6H3/t24-,27+,28-,29?,31-/m1/s1. The van der Waals surface area contributed by atoms with Crippen molar-refractivity contribution in [3.8, 4) is 5.75 Å². The van der Waals surface area contributed by atoms with E-state index in [1.165, 1.54) is 43.2 Å². The SMILES string of the molecule is COCCOCOc1ccc(C)c(CC[C@@H]2C(=O)CC[C@@]3(C)C2CC[C@@H]3[C@H](C)CCCC(C)C)c1. The molecule has 4 nitrogen and oxygen atoms in total. The lowest BCUT2D eigenvalue weighted by atomic mass is 9.58. The van der Waals surface area contributed by atoms with Crippen molar-refractivity contribution in [3.63, 3.8) is 0 Å². The molecular weight excluding hydrogens is 436 g/mol. The summed E-state index contributed by atoms with van der Waals surface area (Å²) in [6.07, 6.45) is 10.3. The van der Waals surface area contributed by atoms with Crippen LogP contribution >= 0.6 is 0 Å². The highest BCUT2D eigenvalue weighted by Crippen LogP contribution is 2.60. The van der Waals surface area contributed by atoms with Gasteiger partial charge in [0.25, 0.3) is 0 Å². The van der Waals surface area contributed by atoms with Gasteiger partial charge in [0.05, 0.1) is 13.2 Å². The lowest BCUT2D eigenvalue weighted by molar-refractivity contribution is -0.132. The molecule has 4 heteroatoms. The maximum absolute atomic E-state index is 13.2. The van der Waals surface area contributed by atoms with E-state index in [9.17, 15) is 4.79 Å². The Morgan fingerprint density at radius 2 is 1.91 bits per heavy atom. The smallest absolute Gasteiger partial charge is 0.189 e. The van der Waals surface area contributed by atoms with Crippen LogP contribution in [0.4, 0.5) is 0 Å². The summed E-state index contributed by atoms with van der Waals surface area (Å²) in [5.41, 5.74) is 2.89. The minimum Gasteiger partial charge on any atom is -0.468 e. The normalized spacial score (nSPS) is 27.3. The van der Waals surface area contributed by atoms with E-state index in [0.717, 1.165) is 49.2 Å². The lowest BCUT2D eigenvalue weighted by Gasteiger charge is -2.46. The monoisotopic (exact) mass is 486 g/mol. The highest BCUT2D eigenvalue weighted by Gasteiger charge is 2.54. The molecule has 0 aliphatic heterocycles. The van der Waals surface area contributed by atoms with E-state index in [1.54, 1.807) is 7.11 Å². The van der Waals surface area contributed by atoms with Crippen molar-refractivity contribution in [3.05, 3.63) is 29.3 Å². The van der Waals surface area contributed by atoms with Crippen molar-refractivity contribution < 1.29 is 19.0 Å². The van der Waals surface area contributed by atoms with Gasteiger partial charge in [-0.05, 0) is 91.4 Å². The topological polar surface area (TPSA) is 44.8 Å². The Hall–Kier alpha value is -1.39. The maximum atomic E-state index is 13.2. The molecule has 2 saturated carbocycles. The largest absolute Gasteiger partial charge is 0.468 e. The molecule has 1 aromatic rings. The molecule has 0 saturated heterocycles. The quantitative estimate of drug-likeness (QED) is 0.203. The molecule has 2 aliphatic rings. The molecule has 0 spiro atoms. The van der Waals surface area contributed by atoms with E-state index < -0.39 is 0 Å². The lowest BCUT2D eigenvalue weighted by Crippen LogP contribution is -2.43. The van der Waals surface area contributed by atoms with Crippen LogP contribution in [0.3, 0.4) is 0 Å². The van der Waals surface area contributed by atoms with Crippen LogP contribution in [0.15, 0.2) is 18.2 Å². The number of Topliss-reactive ketones (excluding diaryl/α,β-unsaturated/α-hetero) is 1. The fourth-order valence-electron chi connectivity index (χ4n) is 7.10. The second-order valence-corrected chi connectivity index (χ2v) is 12.0. The predicted octanol–water partition coefficient (Wildman–Crippen LogP) is 7.40. The average Bonchev–Trinajstić information content (AvgIpc) is 3.17. The maximum Gasteiger partial charge on any atom is 0.189 e. The number of aryl methyl sites for hydroxylation is 2. The van der Waals surface area contributed by atoms with Gasteiger partial charge in [-0.25, -0.2) is 0 Å². The Balaban J connectivity index is 1.60. The fourth-order valence-corrected chi connectivity index (χ4v) is 7.10. The Morgan fingerprint density at radius 1 is 1.11 bits per heavy atom. The van der Waals surface area contributed by atoms with E-state index in [-0.39, 0.29) is 12.7 Å². The molecule has 0 radical (unpaired) electrons. The van der Waals surface area contributed by atoms with Crippen molar-refractivity contribution in [2.75, 3.05) is 27.1 Å². The summed E-state index contributed by atoms with van der Waals surface area (Å²) in [5, 5.41) is 0. The van der Waals surface area contributed by atoms with E-state index in [2.05, 4.69) is 46.8 Å². The number of ketones is 1. The predicted molar refractivity (Wildman–Crippen MR) is 143 cm³/mol. The van der Waals surface area contributed by atoms with Crippen molar-refractivity contribution in [1.82, 2.24) is 0 Å². The molecule has 0 aromatic heterocycles. The molecule has 35 heavy (non-hydrogen) atoms. The first kappa shape index (κ1) is 28.2. The van der Waals surface area contributed by atoms with Crippen molar-refractivity contribution in [2.24, 2.45) is 35.0 Å². The molecule has 0 bridgehead atoms. The zero-order chi connectivity index (χ0) is 25.4. The zero-order valence-corrected chi connectivity index (χ0v) is 23.2. The third kappa shape index (κ3) is 7.32. The third-order valence-corrected chi connectivity index (χ3v) is 9.21. The van der Waals surface area contributed by atoms with E-state index in [4.69, 9.17) is 14.2 Å². The second kappa shape index (κ2) is 13.2. The minimum absolute atomic E-state index is 0.211. The van der Waals surface area contributed by atoms with Crippen molar-refractivity contribution >= 4 is 5.78 Å². The number of hydrogen-bond acceptors (Lipinski definition) is 4. The number of hydrogen-bond donors (Lipinski definition) is 0. The van der Waals surface area contributed by atoms with Gasteiger partial charge >= 0.3 is 0 Å². The average molecular weight is 487 g/mol. The number of carbonyl (C=O) groups is 1. The second-order valence-electron chi connectivity index (χ2n) is 12.0. The summed E-state index contributed by atoms with van der Waals surface area (Å²) in [6, 6.07) is 6.26. The first-order valence-electron chi connectivity index (χ1n) is 14.1. The fraction of sp³-hybridized carbons (Fsp3) is 0.774. The number of benzene rings is 1. The number of methoxy groups -OCH3 is 1. The van der Waals surface area contributed by atoms with Crippen LogP contribution in [-0.2, 0) is 20.7 Å². The summed E-state index contributed by atoms with van der Waals surface area (Å²) in [7, 11) is 1.66. The van der Waals surface area contributed by atoms with Crippen LogP contribution < -0.4 is 4.74 Å². The number of ether oxygens (including phenoxy) is 3. The highest BCUT2D eigenvalue weighted by molar-refractivity contribution is 5.82. The summed E-state index contributed by atoms with van der Waals surface area (Å²) in [4.78, 5) is 13.2. The van der Waals surface area contributed by atoms with Crippen LogP contribution in [0.5, 0.6) is 5.75 Å². The van der Waals surface area contributed by atoms with Gasteiger partial charge in [0.1, 0.15) is 11.5 Å². The molecule has 1 unspecified atom stereocenters. The molecular formula is C31H50O4. The molecule has 2 fully saturated rings. The van der Waals surface area contributed by atoms with Crippen LogP contribution in [0, 0.1) is 41.9 Å². The van der Waals surface area contributed by atoms with Crippen molar-refractivity contribution in [2.45, 2.75) is 92.4 Å². The van der Waals surface area contributed by atoms with Crippen LogP contribution in [0.25, 0.3) is 0 Å². The Morgan fingerprint density at radius 3 is 2.66 bits per heavy atom. The van der Waals surface area contributed by atoms with Gasteiger partial charge in [-0.2, -0.15) is 0 Å². The van der Waals surface area contributed by atoms with E-state index in [0.29, 0.717) is 30.3 Å². The first-order chi connectivity index (χ1) is 16.8. The molecule has 1 aromatic carbocycles. The Labute approximate surface area is 214 Å².